The van der Waals surface area contributed by atoms with Gasteiger partial charge in [-0.3, -0.25) is 0 Å². The average molecular weight is 407 g/mol. The van der Waals surface area contributed by atoms with Crippen LogP contribution < -0.4 is 0 Å². The zero-order valence-corrected chi connectivity index (χ0v) is 18.1. The summed E-state index contributed by atoms with van der Waals surface area (Å²) in [7, 11) is 0. The maximum absolute atomic E-state index is 14.8. The molecule has 0 saturated carbocycles. The number of hydrogen-bond donors (Lipinski definition) is 0. The van der Waals surface area contributed by atoms with Crippen LogP contribution in [0.25, 0.3) is 22.3 Å². The van der Waals surface area contributed by atoms with Crippen LogP contribution in [-0.4, -0.2) is 0 Å². The van der Waals surface area contributed by atoms with Crippen molar-refractivity contribution in [2.75, 3.05) is 0 Å². The Morgan fingerprint density at radius 2 is 1.30 bits per heavy atom. The van der Waals surface area contributed by atoms with Crippen LogP contribution in [0.15, 0.2) is 66.7 Å². The van der Waals surface area contributed by atoms with Crippen molar-refractivity contribution in [3.63, 3.8) is 0 Å². The molecular formula is C28H32F2. The maximum atomic E-state index is 14.8. The van der Waals surface area contributed by atoms with Crippen LogP contribution in [0.4, 0.5) is 8.78 Å². The molecule has 0 aliphatic rings. The van der Waals surface area contributed by atoms with Crippen LogP contribution >= 0.6 is 0 Å². The lowest BCUT2D eigenvalue weighted by Gasteiger charge is -2.14. The summed E-state index contributed by atoms with van der Waals surface area (Å²) in [5, 5.41) is 0. The summed E-state index contributed by atoms with van der Waals surface area (Å²) in [6.07, 6.45) is 7.45. The van der Waals surface area contributed by atoms with Gasteiger partial charge in [-0.1, -0.05) is 113 Å². The van der Waals surface area contributed by atoms with E-state index in [0.717, 1.165) is 30.4 Å². The van der Waals surface area contributed by atoms with Crippen molar-refractivity contribution in [2.24, 2.45) is 5.92 Å². The molecule has 3 rings (SSSR count). The van der Waals surface area contributed by atoms with Gasteiger partial charge in [-0.15, -0.1) is 0 Å². The van der Waals surface area contributed by atoms with Crippen molar-refractivity contribution >= 4 is 0 Å². The van der Waals surface area contributed by atoms with E-state index in [4.69, 9.17) is 0 Å². The topological polar surface area (TPSA) is 0 Å². The summed E-state index contributed by atoms with van der Waals surface area (Å²) >= 11 is 0. The van der Waals surface area contributed by atoms with Gasteiger partial charge in [0.05, 0.1) is 0 Å². The zero-order chi connectivity index (χ0) is 21.3. The molecule has 3 aromatic carbocycles. The van der Waals surface area contributed by atoms with Crippen LogP contribution in [-0.2, 0) is 6.42 Å². The highest BCUT2D eigenvalue weighted by Gasteiger charge is 2.15. The van der Waals surface area contributed by atoms with Crippen LogP contribution in [0.2, 0.25) is 0 Å². The molecule has 0 aliphatic heterocycles. The van der Waals surface area contributed by atoms with Gasteiger partial charge in [0.15, 0.2) is 11.6 Å². The summed E-state index contributed by atoms with van der Waals surface area (Å²) in [5.41, 5.74) is 3.68. The highest BCUT2D eigenvalue weighted by atomic mass is 19.2. The fourth-order valence-corrected chi connectivity index (χ4v) is 4.10. The third-order valence-corrected chi connectivity index (χ3v) is 6.07. The second kappa shape index (κ2) is 11.1. The van der Waals surface area contributed by atoms with Gasteiger partial charge in [-0.2, -0.15) is 0 Å². The number of aryl methyl sites for hydroxylation is 1. The molecule has 158 valence electrons. The minimum absolute atomic E-state index is 0.324. The molecule has 2 heteroatoms. The van der Waals surface area contributed by atoms with E-state index in [1.165, 1.54) is 19.3 Å². The van der Waals surface area contributed by atoms with Gasteiger partial charge in [-0.05, 0) is 41.0 Å². The van der Waals surface area contributed by atoms with Crippen LogP contribution in [0.1, 0.15) is 57.9 Å². The molecule has 0 radical (unpaired) electrons. The minimum atomic E-state index is -0.738. The Labute approximate surface area is 180 Å². The van der Waals surface area contributed by atoms with Crippen molar-refractivity contribution in [1.82, 2.24) is 0 Å². The smallest absolute Gasteiger partial charge is 0.166 e. The Hall–Kier alpha value is -2.48. The van der Waals surface area contributed by atoms with Gasteiger partial charge >= 0.3 is 0 Å². The summed E-state index contributed by atoms with van der Waals surface area (Å²) in [5.74, 6) is -0.737. The fourth-order valence-electron chi connectivity index (χ4n) is 4.10. The first kappa shape index (κ1) is 22.2. The van der Waals surface area contributed by atoms with Crippen molar-refractivity contribution in [3.05, 3.63) is 83.9 Å². The predicted octanol–water partition coefficient (Wildman–Crippen LogP) is 8.84. The van der Waals surface area contributed by atoms with Gasteiger partial charge in [-0.25, -0.2) is 8.78 Å². The molecule has 0 spiro atoms. The lowest BCUT2D eigenvalue weighted by Crippen LogP contribution is -2.02. The second-order valence-electron chi connectivity index (χ2n) is 8.15. The molecule has 0 fully saturated rings. The molecule has 0 aromatic heterocycles. The SMILES string of the molecule is CCCCC(CC)CCCc1ccc(-c2ccc(-c3ccccc3)cc2)c(F)c1F. The Bertz CT molecular complexity index is 913. The molecule has 0 N–H and O–H groups in total. The fraction of sp³-hybridized carbons (Fsp3) is 0.357. The predicted molar refractivity (Wildman–Crippen MR) is 123 cm³/mol. The largest absolute Gasteiger partial charge is 0.203 e. The van der Waals surface area contributed by atoms with E-state index >= 15 is 0 Å². The summed E-state index contributed by atoms with van der Waals surface area (Å²) in [4.78, 5) is 0. The van der Waals surface area contributed by atoms with Gasteiger partial charge in [0.1, 0.15) is 0 Å². The van der Waals surface area contributed by atoms with Gasteiger partial charge < -0.3 is 0 Å². The Morgan fingerprint density at radius 3 is 1.97 bits per heavy atom. The molecular weight excluding hydrogens is 374 g/mol. The number of benzene rings is 3. The van der Waals surface area contributed by atoms with E-state index in [1.54, 1.807) is 12.1 Å². The third-order valence-electron chi connectivity index (χ3n) is 6.07. The lowest BCUT2D eigenvalue weighted by molar-refractivity contribution is 0.407. The third kappa shape index (κ3) is 5.56. The molecule has 1 atom stereocenters. The average Bonchev–Trinajstić information content (AvgIpc) is 2.79. The Kier molecular flexibility index (Phi) is 8.19. The van der Waals surface area contributed by atoms with Crippen LogP contribution in [0, 0.1) is 17.6 Å². The Balaban J connectivity index is 1.68. The van der Waals surface area contributed by atoms with Crippen molar-refractivity contribution in [2.45, 2.75) is 58.8 Å². The second-order valence-corrected chi connectivity index (χ2v) is 8.15. The molecule has 0 nitrogen and oxygen atoms in total. The summed E-state index contributed by atoms with van der Waals surface area (Å²) in [6, 6.07) is 21.1. The molecule has 0 heterocycles. The van der Waals surface area contributed by atoms with E-state index in [9.17, 15) is 8.78 Å². The van der Waals surface area contributed by atoms with Crippen LogP contribution in [0.3, 0.4) is 0 Å². The normalized spacial score (nSPS) is 12.1. The first-order valence-corrected chi connectivity index (χ1v) is 11.3. The molecule has 30 heavy (non-hydrogen) atoms. The maximum Gasteiger partial charge on any atom is 0.166 e. The van der Waals surface area contributed by atoms with E-state index in [2.05, 4.69) is 13.8 Å². The highest BCUT2D eigenvalue weighted by molar-refractivity contribution is 5.71. The standard InChI is InChI=1S/C28H32F2/c1-3-5-10-21(4-2)11-9-14-25-19-20-26(28(30)27(25)29)24-17-15-23(16-18-24)22-12-7-6-8-13-22/h6-8,12-13,15-21H,3-5,9-11,14H2,1-2H3. The van der Waals surface area contributed by atoms with Gasteiger partial charge in [0, 0.05) is 5.56 Å². The highest BCUT2D eigenvalue weighted by Crippen LogP contribution is 2.30. The monoisotopic (exact) mass is 406 g/mol. The van der Waals surface area contributed by atoms with Gasteiger partial charge in [0.25, 0.3) is 0 Å². The van der Waals surface area contributed by atoms with E-state index < -0.39 is 11.6 Å². The molecule has 0 bridgehead atoms. The van der Waals surface area contributed by atoms with Crippen molar-refractivity contribution in [3.8, 4) is 22.3 Å². The number of hydrogen-bond acceptors (Lipinski definition) is 0. The number of rotatable bonds is 10. The minimum Gasteiger partial charge on any atom is -0.203 e. The van der Waals surface area contributed by atoms with Gasteiger partial charge in [0.2, 0.25) is 0 Å². The van der Waals surface area contributed by atoms with E-state index in [-0.39, 0.29) is 0 Å². The summed E-state index contributed by atoms with van der Waals surface area (Å²) < 4.78 is 29.5. The van der Waals surface area contributed by atoms with E-state index in [1.807, 2.05) is 54.6 Å². The first-order chi connectivity index (χ1) is 14.6. The molecule has 3 aromatic rings. The van der Waals surface area contributed by atoms with Crippen molar-refractivity contribution in [1.29, 1.82) is 0 Å². The van der Waals surface area contributed by atoms with E-state index in [0.29, 0.717) is 29.0 Å². The first-order valence-electron chi connectivity index (χ1n) is 11.3. The Morgan fingerprint density at radius 1 is 0.667 bits per heavy atom. The lowest BCUT2D eigenvalue weighted by atomic mass is 9.92. The molecule has 0 saturated heterocycles. The van der Waals surface area contributed by atoms with Crippen molar-refractivity contribution < 1.29 is 8.78 Å². The number of unbranched alkanes of at least 4 members (excludes halogenated alkanes) is 1. The summed E-state index contributed by atoms with van der Waals surface area (Å²) in [6.45, 7) is 4.43. The zero-order valence-electron chi connectivity index (χ0n) is 18.1. The van der Waals surface area contributed by atoms with Crippen LogP contribution in [0.5, 0.6) is 0 Å². The quantitative estimate of drug-likeness (QED) is 0.315. The number of halogens is 2. The molecule has 0 amide bonds. The molecule has 1 unspecified atom stereocenters. The molecule has 0 aliphatic carbocycles.